The molecule has 3 aliphatic rings. The van der Waals surface area contributed by atoms with E-state index < -0.39 is 86.3 Å². The molecule has 1 saturated heterocycles. The molecule has 6 atom stereocenters. The summed E-state index contributed by atoms with van der Waals surface area (Å²) < 4.78 is 36.5. The van der Waals surface area contributed by atoms with Gasteiger partial charge in [-0.1, -0.05) is 90.7 Å². The van der Waals surface area contributed by atoms with Crippen molar-refractivity contribution < 1.29 is 57.0 Å². The van der Waals surface area contributed by atoms with Crippen molar-refractivity contribution in [2.75, 3.05) is 32.4 Å². The van der Waals surface area contributed by atoms with Crippen molar-refractivity contribution in [3.8, 4) is 11.5 Å². The maximum Gasteiger partial charge on any atom is 0.355 e. The number of unbranched alkanes of at least 4 members (excludes halogenated alkanes) is 5. The third-order valence-electron chi connectivity index (χ3n) is 10.1. The molecule has 0 radical (unpaired) electrons. The summed E-state index contributed by atoms with van der Waals surface area (Å²) in [5, 5.41) is 3.08. The van der Waals surface area contributed by atoms with Gasteiger partial charge in [0.1, 0.15) is 53.0 Å². The van der Waals surface area contributed by atoms with E-state index in [4.69, 9.17) is 58.5 Å². The van der Waals surface area contributed by atoms with Gasteiger partial charge in [0.15, 0.2) is 11.5 Å². The van der Waals surface area contributed by atoms with Crippen molar-refractivity contribution in [1.82, 2.24) is 10.2 Å². The SMILES string of the molecule is CCCCCCCC[S+]([O-])C(C)Cc1ccc2c(c1)OCO2.CCOC(=O)C(CC1S[C@@H]2C(NC(=O)Cc3cccs3)C(=O)N2C(C(=O)OCC(Cl)(Cl)Cl)=C1COC(C)=O)C(C)=O. The lowest BCUT2D eigenvalue weighted by Gasteiger charge is -2.51. The van der Waals surface area contributed by atoms with Crippen LogP contribution in [0.3, 0.4) is 0 Å². The van der Waals surface area contributed by atoms with E-state index in [1.807, 2.05) is 23.6 Å². The van der Waals surface area contributed by atoms with E-state index in [1.165, 1.54) is 55.9 Å². The van der Waals surface area contributed by atoms with Crippen LogP contribution in [-0.2, 0) is 67.0 Å². The van der Waals surface area contributed by atoms with E-state index in [2.05, 4.69) is 19.2 Å². The molecular weight excluding hydrogens is 939 g/mol. The van der Waals surface area contributed by atoms with E-state index in [-0.39, 0.29) is 36.0 Å². The van der Waals surface area contributed by atoms with Crippen LogP contribution in [0.2, 0.25) is 0 Å². The molecule has 2 amide bonds. The smallest absolute Gasteiger partial charge is 0.355 e. The topological polar surface area (TPSA) is 187 Å². The number of esters is 3. The lowest BCUT2D eigenvalue weighted by atomic mass is 9.93. The number of β-lactam (4-membered cyclic amide) rings is 1. The fraction of sp³-hybridized carbons (Fsp3) is 0.581. The monoisotopic (exact) mass is 992 g/mol. The molecule has 14 nitrogen and oxygen atoms in total. The van der Waals surface area contributed by atoms with Crippen molar-refractivity contribution in [1.29, 1.82) is 0 Å². The Labute approximate surface area is 394 Å². The molecule has 5 rings (SSSR count). The first kappa shape index (κ1) is 52.4. The number of Topliss-reactive ketones (excluding diaryl/α,β-unsaturated/α-hetero) is 1. The zero-order chi connectivity index (χ0) is 46.3. The minimum absolute atomic E-state index is 0.0361. The Morgan fingerprint density at radius 1 is 1.00 bits per heavy atom. The highest BCUT2D eigenvalue weighted by Crippen LogP contribution is 2.47. The second kappa shape index (κ2) is 25.5. The first-order valence-corrected chi connectivity index (χ1v) is 25.1. The quantitative estimate of drug-likeness (QED) is 0.0234. The average Bonchev–Trinajstić information content (AvgIpc) is 3.93. The predicted octanol–water partition coefficient (Wildman–Crippen LogP) is 7.40. The number of amides is 2. The maximum atomic E-state index is 13.3. The fourth-order valence-electron chi connectivity index (χ4n) is 6.91. The molecule has 20 heteroatoms. The number of nitrogens with zero attached hydrogens (tertiary/aromatic N) is 1. The Kier molecular flexibility index (Phi) is 21.2. The van der Waals surface area contributed by atoms with Gasteiger partial charge >= 0.3 is 17.9 Å². The molecule has 1 aromatic carbocycles. The molecule has 1 aromatic heterocycles. The van der Waals surface area contributed by atoms with Crippen molar-refractivity contribution in [3.05, 3.63) is 57.4 Å². The van der Waals surface area contributed by atoms with Gasteiger partial charge in [0, 0.05) is 29.0 Å². The van der Waals surface area contributed by atoms with Crippen LogP contribution in [0.1, 0.15) is 90.0 Å². The third kappa shape index (κ3) is 16.0. The molecule has 0 spiro atoms. The Morgan fingerprint density at radius 3 is 2.37 bits per heavy atom. The number of hydrogen-bond acceptors (Lipinski definition) is 14. The van der Waals surface area contributed by atoms with Crippen LogP contribution in [0, 0.1) is 5.92 Å². The highest BCUT2D eigenvalue weighted by atomic mass is 35.6. The summed E-state index contributed by atoms with van der Waals surface area (Å²) >= 11 is 19.0. The van der Waals surface area contributed by atoms with Crippen LogP contribution < -0.4 is 14.8 Å². The number of nitrogens with one attached hydrogen (secondary N) is 1. The maximum absolute atomic E-state index is 13.3. The number of halogens is 3. The minimum Gasteiger partial charge on any atom is -0.616 e. The van der Waals surface area contributed by atoms with Crippen molar-refractivity contribution in [2.24, 2.45) is 5.92 Å². The largest absolute Gasteiger partial charge is 0.616 e. The summed E-state index contributed by atoms with van der Waals surface area (Å²) in [4.78, 5) is 78.0. The lowest BCUT2D eigenvalue weighted by molar-refractivity contribution is -0.153. The Bertz CT molecular complexity index is 1930. The van der Waals surface area contributed by atoms with E-state index in [0.29, 0.717) is 6.79 Å². The van der Waals surface area contributed by atoms with E-state index in [0.717, 1.165) is 58.6 Å². The molecule has 1 fully saturated rings. The number of ether oxygens (including phenoxy) is 5. The molecule has 5 unspecified atom stereocenters. The molecule has 3 aliphatic heterocycles. The summed E-state index contributed by atoms with van der Waals surface area (Å²) in [6.45, 7) is 7.51. The zero-order valence-electron chi connectivity index (χ0n) is 36.0. The van der Waals surface area contributed by atoms with Gasteiger partial charge < -0.3 is 33.6 Å². The van der Waals surface area contributed by atoms with Gasteiger partial charge in [0.05, 0.1) is 13.0 Å². The van der Waals surface area contributed by atoms with E-state index in [9.17, 15) is 33.3 Å². The van der Waals surface area contributed by atoms with Crippen molar-refractivity contribution in [3.63, 3.8) is 0 Å². The first-order valence-electron chi connectivity index (χ1n) is 20.8. The molecule has 1 N–H and O–H groups in total. The number of carbonyl (C=O) groups excluding carboxylic acids is 6. The fourth-order valence-corrected chi connectivity index (χ4v) is 10.7. The van der Waals surface area contributed by atoms with E-state index in [1.54, 1.807) is 19.1 Å². The van der Waals surface area contributed by atoms with Gasteiger partial charge in [0.2, 0.25) is 16.5 Å². The standard InChI is InChI=1S/C25H27Cl3N2O9S2.C18H28O3S/c1-4-37-23(35)15(12(2)31)9-17-16(10-38-13(3)32)20(24(36)39-11-25(26,27)28)30-21(34)19(22(30)41-17)29-18(33)8-14-6-5-7-40-14;1-3-4-5-6-7-8-11-22(19)15(2)12-16-9-10-17-18(13-16)21-14-20-17/h5-7,15,17,19,22H,4,8-11H2,1-3H3,(H,29,33);9-10,13,15H,3-8,11-12,14H2,1-2H3/t15?,17?,19?,22-;/m1./s1. The predicted molar refractivity (Wildman–Crippen MR) is 244 cm³/mol. The summed E-state index contributed by atoms with van der Waals surface area (Å²) in [7, 11) is 0. The zero-order valence-corrected chi connectivity index (χ0v) is 40.7. The van der Waals surface area contributed by atoms with Gasteiger partial charge in [0.25, 0.3) is 5.91 Å². The number of carbonyl (C=O) groups is 6. The van der Waals surface area contributed by atoms with Gasteiger partial charge in [-0.3, -0.25) is 28.9 Å². The molecule has 0 saturated carbocycles. The molecule has 0 aliphatic carbocycles. The van der Waals surface area contributed by atoms with Crippen LogP contribution in [0.25, 0.3) is 0 Å². The van der Waals surface area contributed by atoms with Crippen LogP contribution in [0.5, 0.6) is 11.5 Å². The second-order valence-corrected chi connectivity index (χ2v) is 21.9. The van der Waals surface area contributed by atoms with Crippen LogP contribution >= 0.6 is 57.9 Å². The summed E-state index contributed by atoms with van der Waals surface area (Å²) in [6.07, 6.45) is 8.22. The number of ketones is 1. The highest BCUT2D eigenvalue weighted by Gasteiger charge is 2.57. The van der Waals surface area contributed by atoms with E-state index >= 15 is 0 Å². The average molecular weight is 994 g/mol. The number of rotatable bonds is 22. The summed E-state index contributed by atoms with van der Waals surface area (Å²) in [5.41, 5.74) is 1.00. The van der Waals surface area contributed by atoms with Crippen LogP contribution in [0.15, 0.2) is 47.0 Å². The normalized spacial score (nSPS) is 19.1. The lowest BCUT2D eigenvalue weighted by Crippen LogP contribution is -2.71. The van der Waals surface area contributed by atoms with Crippen molar-refractivity contribution in [2.45, 2.75) is 118 Å². The number of fused-ring (bicyclic) bond motifs is 2. The number of benzene rings is 1. The summed E-state index contributed by atoms with van der Waals surface area (Å²) in [5.74, 6) is -2.77. The van der Waals surface area contributed by atoms with Crippen LogP contribution in [-0.4, -0.2) is 103 Å². The number of thiophene rings is 1. The second-order valence-electron chi connectivity index (χ2n) is 15.1. The first-order chi connectivity index (χ1) is 29.9. The molecule has 4 heterocycles. The van der Waals surface area contributed by atoms with Gasteiger partial charge in [-0.15, -0.1) is 23.1 Å². The molecule has 2 aromatic rings. The Morgan fingerprint density at radius 2 is 1.71 bits per heavy atom. The Balaban J connectivity index is 0.000000332. The van der Waals surface area contributed by atoms with Crippen molar-refractivity contribution >= 4 is 105 Å². The highest BCUT2D eigenvalue weighted by molar-refractivity contribution is 8.00. The molecule has 63 heavy (non-hydrogen) atoms. The van der Waals surface area contributed by atoms with Gasteiger partial charge in [-0.25, -0.2) is 4.79 Å². The van der Waals surface area contributed by atoms with Gasteiger partial charge in [-0.05, 0) is 69.2 Å². The molecule has 0 bridgehead atoms. The number of alkyl halides is 3. The third-order valence-corrected chi connectivity index (χ3v) is 14.6. The summed E-state index contributed by atoms with van der Waals surface area (Å²) in [6, 6.07) is 8.56. The molecular formula is C43H55Cl3N2O12S3. The van der Waals surface area contributed by atoms with Gasteiger partial charge in [-0.2, -0.15) is 0 Å². The minimum atomic E-state index is -1.96. The molecule has 348 valence electrons. The Hall–Kier alpha value is -3.19. The number of thioether (sulfide) groups is 1. The number of hydrogen-bond donors (Lipinski definition) is 1. The van der Waals surface area contributed by atoms with Crippen LogP contribution in [0.4, 0.5) is 0 Å².